The average molecular weight is 345 g/mol. The van der Waals surface area contributed by atoms with Crippen LogP contribution in [0.15, 0.2) is 51.3 Å². The maximum Gasteiger partial charge on any atom is 0.289 e. The van der Waals surface area contributed by atoms with E-state index in [0.29, 0.717) is 9.92 Å². The third kappa shape index (κ3) is 3.72. The zero-order valence-electron chi connectivity index (χ0n) is 10.7. The van der Waals surface area contributed by atoms with Gasteiger partial charge in [-0.05, 0) is 12.1 Å². The quantitative estimate of drug-likeness (QED) is 0.625. The molecule has 110 valence electrons. The molecule has 0 N–H and O–H groups in total. The van der Waals surface area contributed by atoms with Gasteiger partial charge in [0.1, 0.15) is 11.2 Å². The molecule has 2 rings (SSSR count). The number of hydrogen-bond acceptors (Lipinski definition) is 6. The third-order valence-electron chi connectivity index (χ3n) is 2.46. The topological polar surface area (TPSA) is 90.2 Å². The summed E-state index contributed by atoms with van der Waals surface area (Å²) in [5, 5.41) is 11.0. The molecule has 6 nitrogen and oxygen atoms in total. The Morgan fingerprint density at radius 3 is 2.57 bits per heavy atom. The second kappa shape index (κ2) is 6.00. The summed E-state index contributed by atoms with van der Waals surface area (Å²) >= 11 is 7.00. The lowest BCUT2D eigenvalue weighted by Crippen LogP contribution is -1.99. The van der Waals surface area contributed by atoms with Crippen LogP contribution in [0.25, 0.3) is 0 Å². The van der Waals surface area contributed by atoms with Crippen molar-refractivity contribution in [3.8, 4) is 0 Å². The Balaban J connectivity index is 2.42. The maximum atomic E-state index is 11.7. The van der Waals surface area contributed by atoms with E-state index >= 15 is 0 Å². The highest BCUT2D eigenvalue weighted by Crippen LogP contribution is 2.36. The molecule has 0 unspecified atom stereocenters. The minimum absolute atomic E-state index is 0.0949. The van der Waals surface area contributed by atoms with Gasteiger partial charge in [-0.25, -0.2) is 13.4 Å². The van der Waals surface area contributed by atoms with Gasteiger partial charge < -0.3 is 0 Å². The molecule has 0 bridgehead atoms. The van der Waals surface area contributed by atoms with Crippen molar-refractivity contribution in [3.05, 3.63) is 51.7 Å². The molecule has 0 radical (unpaired) electrons. The van der Waals surface area contributed by atoms with Gasteiger partial charge in [-0.1, -0.05) is 35.5 Å². The van der Waals surface area contributed by atoms with Crippen molar-refractivity contribution in [2.75, 3.05) is 6.26 Å². The molecule has 21 heavy (non-hydrogen) atoms. The summed E-state index contributed by atoms with van der Waals surface area (Å²) in [5.41, 5.74) is -0.222. The zero-order chi connectivity index (χ0) is 15.6. The van der Waals surface area contributed by atoms with E-state index in [2.05, 4.69) is 4.98 Å². The maximum absolute atomic E-state index is 11.7. The summed E-state index contributed by atoms with van der Waals surface area (Å²) in [5.74, 6) is 0. The molecular weight excluding hydrogens is 336 g/mol. The number of nitro groups is 1. The first kappa shape index (κ1) is 15.7. The Morgan fingerprint density at radius 2 is 2.00 bits per heavy atom. The van der Waals surface area contributed by atoms with Gasteiger partial charge in [-0.2, -0.15) is 0 Å². The van der Waals surface area contributed by atoms with Crippen LogP contribution in [0.2, 0.25) is 5.02 Å². The Hall–Kier alpha value is -1.64. The largest absolute Gasteiger partial charge is 0.289 e. The highest BCUT2D eigenvalue weighted by atomic mass is 35.5. The molecule has 0 fully saturated rings. The fourth-order valence-electron chi connectivity index (χ4n) is 1.54. The van der Waals surface area contributed by atoms with Crippen molar-refractivity contribution in [3.63, 3.8) is 0 Å². The van der Waals surface area contributed by atoms with E-state index in [1.807, 2.05) is 0 Å². The number of sulfone groups is 1. The number of rotatable bonds is 4. The van der Waals surface area contributed by atoms with Crippen molar-refractivity contribution in [2.24, 2.45) is 0 Å². The standard InChI is InChI=1S/C12H9ClN2O4S2/c1-21(18,19)11-5-3-2-4-10(11)20-12-9(13)6-8(7-14-12)15(16)17/h2-7H,1H3. The van der Waals surface area contributed by atoms with Gasteiger partial charge in [0.2, 0.25) is 0 Å². The number of aromatic nitrogens is 1. The summed E-state index contributed by atoms with van der Waals surface area (Å²) in [7, 11) is -3.39. The summed E-state index contributed by atoms with van der Waals surface area (Å²) in [6.07, 6.45) is 2.19. The summed E-state index contributed by atoms with van der Waals surface area (Å²) in [6, 6.07) is 7.60. The fraction of sp³-hybridized carbons (Fsp3) is 0.0833. The van der Waals surface area contributed by atoms with Crippen LogP contribution < -0.4 is 0 Å². The third-order valence-corrected chi connectivity index (χ3v) is 5.24. The number of nitrogens with zero attached hydrogens (tertiary/aromatic N) is 2. The molecule has 1 heterocycles. The molecule has 0 saturated heterocycles. The first-order valence-corrected chi connectivity index (χ1v) is 8.64. The van der Waals surface area contributed by atoms with E-state index in [0.717, 1.165) is 24.2 Å². The lowest BCUT2D eigenvalue weighted by Gasteiger charge is -2.07. The molecule has 0 aliphatic heterocycles. The SMILES string of the molecule is CS(=O)(=O)c1ccccc1Sc1ncc([N+](=O)[O-])cc1Cl. The van der Waals surface area contributed by atoms with E-state index in [1.165, 1.54) is 12.1 Å². The molecular formula is C12H9ClN2O4S2. The van der Waals surface area contributed by atoms with Crippen molar-refractivity contribution >= 4 is 38.9 Å². The van der Waals surface area contributed by atoms with E-state index in [9.17, 15) is 18.5 Å². The lowest BCUT2D eigenvalue weighted by atomic mass is 10.4. The van der Waals surface area contributed by atoms with Crippen molar-refractivity contribution in [1.82, 2.24) is 4.98 Å². The molecule has 9 heteroatoms. The van der Waals surface area contributed by atoms with Gasteiger partial charge >= 0.3 is 0 Å². The number of hydrogen-bond donors (Lipinski definition) is 0. The lowest BCUT2D eigenvalue weighted by molar-refractivity contribution is -0.385. The highest BCUT2D eigenvalue weighted by Gasteiger charge is 2.17. The van der Waals surface area contributed by atoms with Crippen molar-refractivity contribution in [1.29, 1.82) is 0 Å². The van der Waals surface area contributed by atoms with Crippen LogP contribution in [0.5, 0.6) is 0 Å². The highest BCUT2D eigenvalue weighted by molar-refractivity contribution is 8.00. The van der Waals surface area contributed by atoms with Crippen LogP contribution >= 0.6 is 23.4 Å². The van der Waals surface area contributed by atoms with E-state index < -0.39 is 14.8 Å². The number of benzene rings is 1. The van der Waals surface area contributed by atoms with Gasteiger partial charge in [-0.15, -0.1) is 0 Å². The Kier molecular flexibility index (Phi) is 4.50. The van der Waals surface area contributed by atoms with Gasteiger partial charge in [0.15, 0.2) is 9.84 Å². The average Bonchev–Trinajstić information content (AvgIpc) is 2.40. The van der Waals surface area contributed by atoms with Gasteiger partial charge in [0.25, 0.3) is 5.69 Å². The molecule has 0 spiro atoms. The summed E-state index contributed by atoms with van der Waals surface area (Å²) < 4.78 is 23.4. The minimum atomic E-state index is -3.39. The summed E-state index contributed by atoms with van der Waals surface area (Å²) in [6.45, 7) is 0. The molecule has 2 aromatic rings. The van der Waals surface area contributed by atoms with E-state index in [4.69, 9.17) is 11.6 Å². The molecule has 1 aromatic carbocycles. The van der Waals surface area contributed by atoms with E-state index in [-0.39, 0.29) is 15.6 Å². The molecule has 0 amide bonds. The predicted octanol–water partition coefficient (Wildman–Crippen LogP) is 3.20. The first-order valence-electron chi connectivity index (χ1n) is 5.56. The fourth-order valence-corrected chi connectivity index (χ4v) is 3.94. The number of pyridine rings is 1. The normalized spacial score (nSPS) is 11.3. The van der Waals surface area contributed by atoms with Crippen molar-refractivity contribution < 1.29 is 13.3 Å². The second-order valence-corrected chi connectivity index (χ2v) is 7.48. The molecule has 0 saturated carbocycles. The van der Waals surface area contributed by atoms with Gasteiger partial charge in [0, 0.05) is 17.2 Å². The molecule has 0 aliphatic rings. The van der Waals surface area contributed by atoms with Crippen LogP contribution in [0, 0.1) is 10.1 Å². The van der Waals surface area contributed by atoms with Gasteiger partial charge in [-0.3, -0.25) is 10.1 Å². The van der Waals surface area contributed by atoms with Crippen LogP contribution in [0.1, 0.15) is 0 Å². The van der Waals surface area contributed by atoms with Crippen LogP contribution in [-0.2, 0) is 9.84 Å². The van der Waals surface area contributed by atoms with Crippen molar-refractivity contribution in [2.45, 2.75) is 14.8 Å². The Bertz CT molecular complexity index is 809. The monoisotopic (exact) mass is 344 g/mol. The number of halogens is 1. The van der Waals surface area contributed by atoms with Crippen LogP contribution in [0.3, 0.4) is 0 Å². The Labute approximate surface area is 130 Å². The van der Waals surface area contributed by atoms with Crippen LogP contribution in [-0.4, -0.2) is 24.6 Å². The van der Waals surface area contributed by atoms with Crippen LogP contribution in [0.4, 0.5) is 5.69 Å². The Morgan fingerprint density at radius 1 is 1.33 bits per heavy atom. The van der Waals surface area contributed by atoms with Gasteiger partial charge in [0.05, 0.1) is 14.8 Å². The minimum Gasteiger partial charge on any atom is -0.258 e. The molecule has 0 atom stereocenters. The smallest absolute Gasteiger partial charge is 0.258 e. The summed E-state index contributed by atoms with van der Waals surface area (Å²) in [4.78, 5) is 14.6. The molecule has 0 aliphatic carbocycles. The molecule has 1 aromatic heterocycles. The predicted molar refractivity (Wildman–Crippen MR) is 79.6 cm³/mol. The van der Waals surface area contributed by atoms with E-state index in [1.54, 1.807) is 18.2 Å². The second-order valence-electron chi connectivity index (χ2n) is 4.06. The zero-order valence-corrected chi connectivity index (χ0v) is 13.1. The first-order chi connectivity index (χ1) is 9.79.